The predicted molar refractivity (Wildman–Crippen MR) is 141 cm³/mol. The maximum Gasteiger partial charge on any atom is 0.413 e. The first-order valence-electron chi connectivity index (χ1n) is 12.5. The lowest BCUT2D eigenvalue weighted by Gasteiger charge is -2.23. The summed E-state index contributed by atoms with van der Waals surface area (Å²) in [6.07, 6.45) is 1.42. The highest BCUT2D eigenvalue weighted by Gasteiger charge is 2.41. The number of fused-ring (bicyclic) bond motifs is 1. The van der Waals surface area contributed by atoms with E-state index in [0.717, 1.165) is 5.56 Å². The molecule has 14 heteroatoms. The summed E-state index contributed by atoms with van der Waals surface area (Å²) in [7, 11) is 1.24. The van der Waals surface area contributed by atoms with E-state index >= 15 is 0 Å². The number of rotatable bonds is 7. The second kappa shape index (κ2) is 12.0. The number of amides is 3. The van der Waals surface area contributed by atoms with Gasteiger partial charge in [0, 0.05) is 13.0 Å². The minimum atomic E-state index is -0.890. The second-order valence-electron chi connectivity index (χ2n) is 10.1. The third-order valence-electron chi connectivity index (χ3n) is 5.96. The molecule has 14 nitrogen and oxygen atoms in total. The van der Waals surface area contributed by atoms with E-state index in [9.17, 15) is 19.2 Å². The van der Waals surface area contributed by atoms with Crippen molar-refractivity contribution in [3.8, 4) is 0 Å². The number of hydrogen-bond donors (Lipinski definition) is 2. The number of methoxy groups -OCH3 is 1. The molecular weight excluding hydrogens is 522 g/mol. The Kier molecular flexibility index (Phi) is 8.46. The number of carbonyl (C=O) groups excluding carboxylic acids is 4. The van der Waals surface area contributed by atoms with E-state index in [4.69, 9.17) is 14.2 Å². The first kappa shape index (κ1) is 28.3. The highest BCUT2D eigenvalue weighted by atomic mass is 16.6. The molecule has 3 aromatic rings. The van der Waals surface area contributed by atoms with Crippen LogP contribution in [0.2, 0.25) is 0 Å². The van der Waals surface area contributed by atoms with Crippen LogP contribution in [0, 0.1) is 0 Å². The number of nitrogens with one attached hydrogen (secondary N) is 2. The maximum absolute atomic E-state index is 13.3. The van der Waals surface area contributed by atoms with Crippen LogP contribution in [-0.2, 0) is 37.0 Å². The lowest BCUT2D eigenvalue weighted by Crippen LogP contribution is -2.43. The van der Waals surface area contributed by atoms with E-state index in [2.05, 4.69) is 25.6 Å². The third-order valence-corrected chi connectivity index (χ3v) is 5.96. The maximum atomic E-state index is 13.3. The summed E-state index contributed by atoms with van der Waals surface area (Å²) < 4.78 is 16.9. The van der Waals surface area contributed by atoms with Crippen LogP contribution in [0.5, 0.6) is 0 Å². The normalized spacial score (nSPS) is 16.9. The average molecular weight is 554 g/mol. The molecule has 212 valence electrons. The summed E-state index contributed by atoms with van der Waals surface area (Å²) >= 11 is 0. The van der Waals surface area contributed by atoms with E-state index in [1.807, 2.05) is 30.3 Å². The molecule has 0 saturated carbocycles. The van der Waals surface area contributed by atoms with Crippen molar-refractivity contribution < 1.29 is 33.4 Å². The van der Waals surface area contributed by atoms with Crippen molar-refractivity contribution in [2.45, 2.75) is 58.0 Å². The topological polar surface area (TPSA) is 167 Å². The smallest absolute Gasteiger partial charge is 0.413 e. The lowest BCUT2D eigenvalue weighted by molar-refractivity contribution is -0.151. The molecule has 40 heavy (non-hydrogen) atoms. The third kappa shape index (κ3) is 7.01. The molecule has 2 N–H and O–H groups in total. The zero-order chi connectivity index (χ0) is 28.9. The van der Waals surface area contributed by atoms with Crippen molar-refractivity contribution in [3.05, 3.63) is 48.5 Å². The molecule has 2 atom stereocenters. The van der Waals surface area contributed by atoms with Crippen LogP contribution in [-0.4, -0.2) is 79.8 Å². The van der Waals surface area contributed by atoms with Gasteiger partial charge in [-0.3, -0.25) is 10.1 Å². The first-order valence-corrected chi connectivity index (χ1v) is 12.5. The fourth-order valence-electron chi connectivity index (χ4n) is 4.23. The molecule has 1 saturated heterocycles. The van der Waals surface area contributed by atoms with Gasteiger partial charge in [-0.15, -0.1) is 0 Å². The molecule has 4 rings (SSSR count). The molecule has 0 radical (unpaired) electrons. The Labute approximate surface area is 230 Å². The van der Waals surface area contributed by atoms with Gasteiger partial charge in [0.15, 0.2) is 17.0 Å². The molecule has 0 spiro atoms. The quantitative estimate of drug-likeness (QED) is 0.327. The van der Waals surface area contributed by atoms with Crippen LogP contribution in [0.15, 0.2) is 43.0 Å². The Morgan fingerprint density at radius 2 is 1.80 bits per heavy atom. The summed E-state index contributed by atoms with van der Waals surface area (Å²) in [4.78, 5) is 64.2. The zero-order valence-electron chi connectivity index (χ0n) is 22.6. The molecule has 1 aliphatic rings. The monoisotopic (exact) mass is 553 g/mol. The van der Waals surface area contributed by atoms with Gasteiger partial charge in [-0.1, -0.05) is 30.3 Å². The van der Waals surface area contributed by atoms with Gasteiger partial charge in [-0.05, 0) is 26.3 Å². The van der Waals surface area contributed by atoms with Crippen LogP contribution in [0.25, 0.3) is 11.2 Å². The number of alkyl carbamates (subject to hydrolysis) is 1. The van der Waals surface area contributed by atoms with Gasteiger partial charge in [0.25, 0.3) is 0 Å². The molecule has 1 fully saturated rings. The molecule has 3 heterocycles. The van der Waals surface area contributed by atoms with Gasteiger partial charge in [0.2, 0.25) is 5.91 Å². The van der Waals surface area contributed by atoms with Crippen molar-refractivity contribution in [2.24, 2.45) is 0 Å². The van der Waals surface area contributed by atoms with Crippen LogP contribution in [0.3, 0.4) is 0 Å². The van der Waals surface area contributed by atoms with E-state index < -0.39 is 41.7 Å². The van der Waals surface area contributed by atoms with Crippen molar-refractivity contribution >= 4 is 41.0 Å². The van der Waals surface area contributed by atoms with Gasteiger partial charge in [-0.25, -0.2) is 29.3 Å². The average Bonchev–Trinajstić information content (AvgIpc) is 3.51. The molecule has 1 aromatic carbocycles. The first-order chi connectivity index (χ1) is 19.0. The van der Waals surface area contributed by atoms with Crippen molar-refractivity contribution in [3.63, 3.8) is 0 Å². The summed E-state index contributed by atoms with van der Waals surface area (Å²) in [5, 5.41) is 5.26. The molecule has 2 aromatic heterocycles. The number of hydrogen-bond acceptors (Lipinski definition) is 10. The van der Waals surface area contributed by atoms with Crippen LogP contribution < -0.4 is 10.6 Å². The Morgan fingerprint density at radius 1 is 1.05 bits per heavy atom. The van der Waals surface area contributed by atoms with E-state index in [-0.39, 0.29) is 37.5 Å². The molecule has 3 amide bonds. The van der Waals surface area contributed by atoms with Crippen LogP contribution in [0.1, 0.15) is 32.8 Å². The fraction of sp³-hybridized carbons (Fsp3) is 0.423. The van der Waals surface area contributed by atoms with E-state index in [1.165, 1.54) is 29.2 Å². The zero-order valence-corrected chi connectivity index (χ0v) is 22.6. The van der Waals surface area contributed by atoms with Crippen molar-refractivity contribution in [2.75, 3.05) is 19.0 Å². The SMILES string of the molecule is COC(=O)[C@@H]1C[C@H](NC(=O)OC(C)(C)C)CN1C(=O)Cn1cnc2c(NC(=O)OCc3ccccc3)ncnc21. The largest absolute Gasteiger partial charge is 0.467 e. The van der Waals surface area contributed by atoms with Gasteiger partial charge in [0.05, 0.1) is 19.5 Å². The summed E-state index contributed by atoms with van der Waals surface area (Å²) in [6.45, 7) is 5.16. The van der Waals surface area contributed by atoms with Crippen LogP contribution in [0.4, 0.5) is 15.4 Å². The van der Waals surface area contributed by atoms with Crippen molar-refractivity contribution in [1.29, 1.82) is 0 Å². The molecule has 0 bridgehead atoms. The second-order valence-corrected chi connectivity index (χ2v) is 10.1. The number of anilines is 1. The van der Waals surface area contributed by atoms with Gasteiger partial charge < -0.3 is 29.0 Å². The number of carbonyl (C=O) groups is 4. The predicted octanol–water partition coefficient (Wildman–Crippen LogP) is 2.24. The number of benzene rings is 1. The minimum absolute atomic E-state index is 0.0742. The van der Waals surface area contributed by atoms with Gasteiger partial charge in [-0.2, -0.15) is 0 Å². The Hall–Kier alpha value is -4.75. The molecular formula is C26H31N7O7. The van der Waals surface area contributed by atoms with E-state index in [1.54, 1.807) is 20.8 Å². The number of likely N-dealkylation sites (tertiary alicyclic amines) is 1. The summed E-state index contributed by atoms with van der Waals surface area (Å²) in [6, 6.07) is 7.80. The van der Waals surface area contributed by atoms with Crippen LogP contribution >= 0.6 is 0 Å². The van der Waals surface area contributed by atoms with Crippen molar-refractivity contribution in [1.82, 2.24) is 29.7 Å². The number of ether oxygens (including phenoxy) is 3. The van der Waals surface area contributed by atoms with Gasteiger partial charge >= 0.3 is 18.2 Å². The summed E-state index contributed by atoms with van der Waals surface area (Å²) in [5.74, 6) is -0.900. The number of aromatic nitrogens is 4. The molecule has 1 aliphatic heterocycles. The fourth-order valence-corrected chi connectivity index (χ4v) is 4.23. The Balaban J connectivity index is 1.43. The minimum Gasteiger partial charge on any atom is -0.467 e. The lowest BCUT2D eigenvalue weighted by atomic mass is 10.1. The summed E-state index contributed by atoms with van der Waals surface area (Å²) in [5.41, 5.74) is 0.668. The number of esters is 1. The van der Waals surface area contributed by atoms with E-state index in [0.29, 0.717) is 5.65 Å². The highest BCUT2D eigenvalue weighted by molar-refractivity contribution is 5.94. The van der Waals surface area contributed by atoms with Gasteiger partial charge in [0.1, 0.15) is 31.1 Å². The number of nitrogens with zero attached hydrogens (tertiary/aromatic N) is 5. The highest BCUT2D eigenvalue weighted by Crippen LogP contribution is 2.22. The molecule has 0 unspecified atom stereocenters. The molecule has 0 aliphatic carbocycles. The standard InChI is InChI=1S/C26H31N7O7/c1-26(2,3)40-25(37)30-17-10-18(23(35)38-4)33(11-17)19(34)12-32-15-29-20-21(27-14-28-22(20)32)31-24(36)39-13-16-8-6-5-7-9-16/h5-9,14-15,17-18H,10-13H2,1-4H3,(H,30,37)(H,27,28,31,36)/t17-,18-/m0/s1. The Bertz CT molecular complexity index is 1390. The Morgan fingerprint density at radius 3 is 2.50 bits per heavy atom. The number of imidazole rings is 1.